The number of nitrogens with one attached hydrogen (secondary N) is 4. The molecule has 0 heterocycles. The SMILES string of the molecule is COC(=O)NC(C(=O)NC(Cc1ccccc1)C(O)CN(Cc1ccccc1)NC(=O)C(NC(=O)O)C(C)(C)C)C(C)(C)C. The Morgan fingerprint density at radius 3 is 1.75 bits per heavy atom. The van der Waals surface area contributed by atoms with Crippen LogP contribution in [0.5, 0.6) is 0 Å². The van der Waals surface area contributed by atoms with Crippen LogP contribution in [0.2, 0.25) is 0 Å². The number of rotatable bonds is 13. The monoisotopic (exact) mass is 613 g/mol. The lowest BCUT2D eigenvalue weighted by molar-refractivity contribution is -0.132. The third-order valence-electron chi connectivity index (χ3n) is 6.95. The Kier molecular flexibility index (Phi) is 13.2. The topological polar surface area (TPSA) is 169 Å². The number of amides is 4. The number of hydrogen-bond donors (Lipinski definition) is 6. The van der Waals surface area contributed by atoms with Crippen LogP contribution in [0.3, 0.4) is 0 Å². The van der Waals surface area contributed by atoms with Crippen molar-refractivity contribution in [3.05, 3.63) is 71.8 Å². The zero-order chi connectivity index (χ0) is 33.1. The number of benzene rings is 2. The first-order chi connectivity index (χ1) is 20.5. The lowest BCUT2D eigenvalue weighted by Gasteiger charge is -2.35. The van der Waals surface area contributed by atoms with E-state index >= 15 is 0 Å². The van der Waals surface area contributed by atoms with Crippen molar-refractivity contribution in [1.29, 1.82) is 0 Å². The summed E-state index contributed by atoms with van der Waals surface area (Å²) in [6.45, 7) is 10.7. The van der Waals surface area contributed by atoms with Crippen molar-refractivity contribution in [2.75, 3.05) is 13.7 Å². The Morgan fingerprint density at radius 1 is 0.773 bits per heavy atom. The zero-order valence-electron chi connectivity index (χ0n) is 26.6. The highest BCUT2D eigenvalue weighted by molar-refractivity contribution is 5.87. The van der Waals surface area contributed by atoms with Crippen LogP contribution in [0.4, 0.5) is 9.59 Å². The fourth-order valence-electron chi connectivity index (χ4n) is 4.60. The molecule has 44 heavy (non-hydrogen) atoms. The minimum atomic E-state index is -1.34. The first-order valence-corrected chi connectivity index (χ1v) is 14.5. The number of methoxy groups -OCH3 is 1. The lowest BCUT2D eigenvalue weighted by atomic mass is 9.85. The van der Waals surface area contributed by atoms with E-state index in [0.29, 0.717) is 0 Å². The van der Waals surface area contributed by atoms with Crippen LogP contribution < -0.4 is 21.4 Å². The van der Waals surface area contributed by atoms with E-state index in [0.717, 1.165) is 11.1 Å². The number of hydrazine groups is 1. The molecule has 242 valence electrons. The Bertz CT molecular complexity index is 1230. The summed E-state index contributed by atoms with van der Waals surface area (Å²) in [4.78, 5) is 50.5. The first kappa shape index (κ1) is 36.0. The number of hydrogen-bond acceptors (Lipinski definition) is 7. The van der Waals surface area contributed by atoms with Gasteiger partial charge in [-0.1, -0.05) is 102 Å². The smallest absolute Gasteiger partial charge is 0.407 e. The molecule has 0 aliphatic heterocycles. The molecule has 2 aromatic rings. The van der Waals surface area contributed by atoms with Gasteiger partial charge in [0, 0.05) is 13.1 Å². The summed E-state index contributed by atoms with van der Waals surface area (Å²) in [6.07, 6.45) is -3.06. The number of carbonyl (C=O) groups excluding carboxylic acids is 3. The predicted octanol–water partition coefficient (Wildman–Crippen LogP) is 3.06. The Labute approximate surface area is 259 Å². The van der Waals surface area contributed by atoms with E-state index < -0.39 is 59.1 Å². The number of aliphatic hydroxyl groups excluding tert-OH is 1. The molecule has 2 rings (SSSR count). The summed E-state index contributed by atoms with van der Waals surface area (Å²) >= 11 is 0. The van der Waals surface area contributed by atoms with Crippen LogP contribution in [-0.4, -0.2) is 77.1 Å². The van der Waals surface area contributed by atoms with Gasteiger partial charge in [-0.2, -0.15) is 0 Å². The van der Waals surface area contributed by atoms with Gasteiger partial charge in [-0.05, 0) is 28.4 Å². The van der Waals surface area contributed by atoms with Gasteiger partial charge in [-0.3, -0.25) is 15.0 Å². The Balaban J connectivity index is 2.40. The van der Waals surface area contributed by atoms with E-state index in [9.17, 15) is 29.4 Å². The molecule has 0 aromatic heterocycles. The average Bonchev–Trinajstić information content (AvgIpc) is 2.93. The number of ether oxygens (including phenoxy) is 1. The summed E-state index contributed by atoms with van der Waals surface area (Å²) < 4.78 is 4.72. The quantitative estimate of drug-likeness (QED) is 0.187. The molecule has 0 radical (unpaired) electrons. The van der Waals surface area contributed by atoms with E-state index in [1.54, 1.807) is 41.5 Å². The molecular formula is C32H47N5O7. The van der Waals surface area contributed by atoms with Crippen LogP contribution in [0, 0.1) is 10.8 Å². The number of aliphatic hydroxyl groups is 1. The summed E-state index contributed by atoms with van der Waals surface area (Å²) in [5, 5.41) is 30.2. The van der Waals surface area contributed by atoms with Crippen molar-refractivity contribution < 1.29 is 34.1 Å². The van der Waals surface area contributed by atoms with Crippen LogP contribution in [0.15, 0.2) is 60.7 Å². The fourth-order valence-corrected chi connectivity index (χ4v) is 4.60. The molecule has 0 fully saturated rings. The van der Waals surface area contributed by atoms with Gasteiger partial charge >= 0.3 is 12.2 Å². The van der Waals surface area contributed by atoms with Crippen LogP contribution >= 0.6 is 0 Å². The molecule has 0 aliphatic carbocycles. The third-order valence-corrected chi connectivity index (χ3v) is 6.95. The van der Waals surface area contributed by atoms with E-state index in [-0.39, 0.29) is 19.5 Å². The molecule has 12 nitrogen and oxygen atoms in total. The predicted molar refractivity (Wildman–Crippen MR) is 166 cm³/mol. The van der Waals surface area contributed by atoms with E-state index in [1.807, 2.05) is 60.7 Å². The highest BCUT2D eigenvalue weighted by Crippen LogP contribution is 2.22. The molecular weight excluding hydrogens is 566 g/mol. The molecule has 0 bridgehead atoms. The van der Waals surface area contributed by atoms with Crippen molar-refractivity contribution in [3.8, 4) is 0 Å². The number of alkyl carbamates (subject to hydrolysis) is 1. The lowest BCUT2D eigenvalue weighted by Crippen LogP contribution is -2.60. The van der Waals surface area contributed by atoms with E-state index in [1.165, 1.54) is 12.1 Å². The number of carbonyl (C=O) groups is 4. The van der Waals surface area contributed by atoms with Gasteiger partial charge in [0.1, 0.15) is 12.1 Å². The van der Waals surface area contributed by atoms with Crippen molar-refractivity contribution >= 4 is 24.0 Å². The maximum absolute atomic E-state index is 13.6. The maximum Gasteiger partial charge on any atom is 0.407 e. The van der Waals surface area contributed by atoms with Gasteiger partial charge < -0.3 is 30.9 Å². The van der Waals surface area contributed by atoms with Gasteiger partial charge in [0.05, 0.1) is 19.3 Å². The first-order valence-electron chi connectivity index (χ1n) is 14.5. The van der Waals surface area contributed by atoms with Gasteiger partial charge in [0.2, 0.25) is 5.91 Å². The maximum atomic E-state index is 13.6. The molecule has 4 atom stereocenters. The van der Waals surface area contributed by atoms with Gasteiger partial charge in [0.15, 0.2) is 0 Å². The molecule has 4 amide bonds. The van der Waals surface area contributed by atoms with Crippen molar-refractivity contribution in [2.24, 2.45) is 10.8 Å². The third kappa shape index (κ3) is 11.8. The van der Waals surface area contributed by atoms with Gasteiger partial charge in [0.25, 0.3) is 5.91 Å². The van der Waals surface area contributed by atoms with Crippen molar-refractivity contribution in [1.82, 2.24) is 26.4 Å². The summed E-state index contributed by atoms with van der Waals surface area (Å²) in [7, 11) is 1.21. The van der Waals surface area contributed by atoms with Crippen LogP contribution in [0.25, 0.3) is 0 Å². The number of carboxylic acid groups (broad SMARTS) is 1. The highest BCUT2D eigenvalue weighted by Gasteiger charge is 2.37. The summed E-state index contributed by atoms with van der Waals surface area (Å²) in [5.41, 5.74) is 3.02. The Hall–Kier alpha value is -4.16. The normalized spacial score (nSPS) is 14.5. The van der Waals surface area contributed by atoms with Crippen LogP contribution in [-0.2, 0) is 27.3 Å². The molecule has 0 saturated carbocycles. The second-order valence-corrected chi connectivity index (χ2v) is 12.9. The Morgan fingerprint density at radius 2 is 1.27 bits per heavy atom. The molecule has 0 aliphatic rings. The standard InChI is InChI=1S/C32H47N5O7/c1-31(2,3)25(35-30(43)44-7)27(39)33-23(18-21-14-10-8-11-15-21)24(38)20-37(19-22-16-12-9-13-17-22)36-28(40)26(32(4,5)6)34-29(41)42/h8-17,23-26,34,38H,18-20H2,1-7H3,(H,33,39)(H,35,43)(H,36,40)(H,41,42). The molecule has 4 unspecified atom stereocenters. The van der Waals surface area contributed by atoms with E-state index in [4.69, 9.17) is 4.74 Å². The minimum Gasteiger partial charge on any atom is -0.465 e. The summed E-state index contributed by atoms with van der Waals surface area (Å²) in [5.74, 6) is -1.11. The van der Waals surface area contributed by atoms with Crippen LogP contribution in [0.1, 0.15) is 52.7 Å². The molecule has 12 heteroatoms. The fraction of sp³-hybridized carbons (Fsp3) is 0.500. The average molecular weight is 614 g/mol. The second kappa shape index (κ2) is 16.1. The van der Waals surface area contributed by atoms with Gasteiger partial charge in [-0.15, -0.1) is 0 Å². The molecule has 0 saturated heterocycles. The largest absolute Gasteiger partial charge is 0.465 e. The second-order valence-electron chi connectivity index (χ2n) is 12.9. The molecule has 2 aromatic carbocycles. The molecule has 6 N–H and O–H groups in total. The van der Waals surface area contributed by atoms with Crippen molar-refractivity contribution in [3.63, 3.8) is 0 Å². The minimum absolute atomic E-state index is 0.118. The zero-order valence-corrected chi connectivity index (χ0v) is 26.6. The summed E-state index contributed by atoms with van der Waals surface area (Å²) in [6, 6.07) is 15.7. The van der Waals surface area contributed by atoms with Gasteiger partial charge in [-0.25, -0.2) is 14.6 Å². The number of nitrogens with zero attached hydrogens (tertiary/aromatic N) is 1. The van der Waals surface area contributed by atoms with Crippen molar-refractivity contribution in [2.45, 2.75) is 78.7 Å². The van der Waals surface area contributed by atoms with E-state index in [2.05, 4.69) is 21.4 Å². The molecule has 0 spiro atoms. The highest BCUT2D eigenvalue weighted by atomic mass is 16.5.